The van der Waals surface area contributed by atoms with Gasteiger partial charge in [0.15, 0.2) is 9.84 Å². The van der Waals surface area contributed by atoms with Gasteiger partial charge >= 0.3 is 0 Å². The molecule has 3 aromatic carbocycles. The monoisotopic (exact) mass is 622 g/mol. The van der Waals surface area contributed by atoms with Crippen molar-refractivity contribution in [1.82, 2.24) is 20.3 Å². The Morgan fingerprint density at radius 2 is 1.91 bits per heavy atom. The third kappa shape index (κ3) is 6.93. The van der Waals surface area contributed by atoms with E-state index in [9.17, 15) is 13.7 Å². The van der Waals surface area contributed by atoms with E-state index in [1.807, 2.05) is 19.1 Å². The zero-order valence-corrected chi connectivity index (χ0v) is 25.4. The second kappa shape index (κ2) is 13.0. The molecule has 45 heavy (non-hydrogen) atoms. The first kappa shape index (κ1) is 30.1. The van der Waals surface area contributed by atoms with E-state index in [4.69, 9.17) is 9.72 Å². The van der Waals surface area contributed by atoms with Crippen LogP contribution in [0.2, 0.25) is 0 Å². The number of aromatic nitrogens is 3. The number of piperidine rings is 1. The van der Waals surface area contributed by atoms with Crippen LogP contribution in [-0.4, -0.2) is 42.5 Å². The topological polar surface area (TPSA) is 130 Å². The van der Waals surface area contributed by atoms with E-state index in [0.717, 1.165) is 31.5 Å². The lowest BCUT2D eigenvalue weighted by molar-refractivity contribution is 0.466. The minimum Gasteiger partial charge on any atom is -0.437 e. The predicted octanol–water partition coefficient (Wildman–Crippen LogP) is 6.08. The van der Waals surface area contributed by atoms with Crippen LogP contribution in [0, 0.1) is 24.1 Å². The summed E-state index contributed by atoms with van der Waals surface area (Å²) in [5, 5.41) is 16.9. The largest absolute Gasteiger partial charge is 0.437 e. The molecule has 3 heterocycles. The maximum atomic E-state index is 15.3. The minimum atomic E-state index is -3.79. The molecule has 11 heteroatoms. The van der Waals surface area contributed by atoms with Crippen molar-refractivity contribution >= 4 is 26.6 Å². The predicted molar refractivity (Wildman–Crippen MR) is 171 cm³/mol. The molecule has 1 fully saturated rings. The highest BCUT2D eigenvalue weighted by Crippen LogP contribution is 2.38. The van der Waals surface area contributed by atoms with Crippen molar-refractivity contribution in [2.24, 2.45) is 0 Å². The second-order valence-electron chi connectivity index (χ2n) is 11.1. The van der Waals surface area contributed by atoms with E-state index in [1.54, 1.807) is 60.9 Å². The number of benzene rings is 3. The third-order valence-electron chi connectivity index (χ3n) is 7.74. The number of ether oxygens (including phenoxy) is 1. The van der Waals surface area contributed by atoms with Gasteiger partial charge in [-0.3, -0.25) is 0 Å². The summed E-state index contributed by atoms with van der Waals surface area (Å²) in [7, 11) is -3.79. The molecule has 2 aromatic heterocycles. The molecule has 1 aliphatic heterocycles. The SMILES string of the molecule is Cc1ccc2c(CS(=O)(=O)Cc3cccc(C#N)c3)c(F)ccc2c1Oc1ncccc1-c1ccnc(N[C@H]2CCCNC2)n1. The van der Waals surface area contributed by atoms with Gasteiger partial charge in [0, 0.05) is 35.9 Å². The number of anilines is 1. The molecule has 5 aromatic rings. The summed E-state index contributed by atoms with van der Waals surface area (Å²) in [6.45, 7) is 3.71. The van der Waals surface area contributed by atoms with Crippen molar-refractivity contribution in [1.29, 1.82) is 5.26 Å². The Kier molecular flexibility index (Phi) is 8.69. The third-order valence-corrected chi connectivity index (χ3v) is 9.24. The lowest BCUT2D eigenvalue weighted by atomic mass is 10.0. The number of nitrogens with zero attached hydrogens (tertiary/aromatic N) is 4. The molecule has 228 valence electrons. The van der Waals surface area contributed by atoms with Gasteiger partial charge in [-0.2, -0.15) is 5.26 Å². The number of hydrogen-bond donors (Lipinski definition) is 2. The normalized spacial score (nSPS) is 15.0. The van der Waals surface area contributed by atoms with Crippen molar-refractivity contribution in [2.45, 2.75) is 37.3 Å². The van der Waals surface area contributed by atoms with Crippen molar-refractivity contribution in [3.8, 4) is 29.0 Å². The second-order valence-corrected chi connectivity index (χ2v) is 13.2. The Labute approximate surface area is 261 Å². The van der Waals surface area contributed by atoms with Crippen LogP contribution in [0.5, 0.6) is 11.6 Å². The zero-order chi connectivity index (χ0) is 31.4. The average Bonchev–Trinajstić information content (AvgIpc) is 3.04. The number of aryl methyl sites for hydroxylation is 1. The maximum Gasteiger partial charge on any atom is 0.228 e. The molecule has 0 saturated carbocycles. The molecule has 1 aliphatic rings. The molecular formula is C34H31FN6O3S. The van der Waals surface area contributed by atoms with Gasteiger partial charge in [0.05, 0.1) is 34.4 Å². The van der Waals surface area contributed by atoms with Crippen molar-refractivity contribution < 1.29 is 17.5 Å². The van der Waals surface area contributed by atoms with E-state index < -0.39 is 21.4 Å². The molecule has 0 bridgehead atoms. The fourth-order valence-corrected chi connectivity index (χ4v) is 7.08. The molecule has 1 atom stereocenters. The van der Waals surface area contributed by atoms with Gasteiger partial charge in [-0.1, -0.05) is 24.3 Å². The van der Waals surface area contributed by atoms with Gasteiger partial charge in [-0.05, 0) is 85.3 Å². The molecule has 6 rings (SSSR count). The molecule has 9 nitrogen and oxygen atoms in total. The summed E-state index contributed by atoms with van der Waals surface area (Å²) in [4.78, 5) is 13.6. The van der Waals surface area contributed by atoms with Crippen molar-refractivity contribution in [3.05, 3.63) is 107 Å². The number of rotatable bonds is 9. The van der Waals surface area contributed by atoms with Gasteiger partial charge in [0.2, 0.25) is 11.8 Å². The molecule has 1 saturated heterocycles. The molecule has 0 unspecified atom stereocenters. The number of halogens is 1. The van der Waals surface area contributed by atoms with Crippen LogP contribution in [0.3, 0.4) is 0 Å². The van der Waals surface area contributed by atoms with E-state index >= 15 is 4.39 Å². The quantitative estimate of drug-likeness (QED) is 0.201. The van der Waals surface area contributed by atoms with E-state index in [-0.39, 0.29) is 17.4 Å². The van der Waals surface area contributed by atoms with Gasteiger partial charge in [0.25, 0.3) is 0 Å². The average molecular weight is 623 g/mol. The highest BCUT2D eigenvalue weighted by atomic mass is 32.2. The molecule has 0 aliphatic carbocycles. The lowest BCUT2D eigenvalue weighted by Crippen LogP contribution is -2.38. The van der Waals surface area contributed by atoms with E-state index in [2.05, 4.69) is 20.6 Å². The van der Waals surface area contributed by atoms with Gasteiger partial charge < -0.3 is 15.4 Å². The highest BCUT2D eigenvalue weighted by molar-refractivity contribution is 7.89. The number of nitriles is 1. The van der Waals surface area contributed by atoms with Crippen LogP contribution in [0.1, 0.15) is 35.1 Å². The number of hydrogen-bond acceptors (Lipinski definition) is 9. The van der Waals surface area contributed by atoms with Crippen LogP contribution in [0.25, 0.3) is 22.0 Å². The van der Waals surface area contributed by atoms with Gasteiger partial charge in [0.1, 0.15) is 11.6 Å². The first-order valence-corrected chi connectivity index (χ1v) is 16.5. The summed E-state index contributed by atoms with van der Waals surface area (Å²) in [5.74, 6) is -0.214. The summed E-state index contributed by atoms with van der Waals surface area (Å²) in [5.41, 5.74) is 2.92. The molecule has 0 spiro atoms. The first-order chi connectivity index (χ1) is 21.8. The fraction of sp³-hybridized carbons (Fsp3) is 0.235. The number of nitrogens with one attached hydrogen (secondary N) is 2. The Bertz CT molecular complexity index is 2020. The Morgan fingerprint density at radius 3 is 2.73 bits per heavy atom. The summed E-state index contributed by atoms with van der Waals surface area (Å²) in [6.07, 6.45) is 5.41. The molecular weight excluding hydrogens is 591 g/mol. The molecule has 2 N–H and O–H groups in total. The highest BCUT2D eigenvalue weighted by Gasteiger charge is 2.22. The smallest absolute Gasteiger partial charge is 0.228 e. The Morgan fingerprint density at radius 1 is 1.04 bits per heavy atom. The number of fused-ring (bicyclic) bond motifs is 1. The number of sulfone groups is 1. The molecule has 0 radical (unpaired) electrons. The van der Waals surface area contributed by atoms with E-state index in [0.29, 0.717) is 50.7 Å². The Hall–Kier alpha value is -4.92. The van der Waals surface area contributed by atoms with Gasteiger partial charge in [-0.15, -0.1) is 0 Å². The van der Waals surface area contributed by atoms with Crippen molar-refractivity contribution in [2.75, 3.05) is 18.4 Å². The van der Waals surface area contributed by atoms with Crippen molar-refractivity contribution in [3.63, 3.8) is 0 Å². The van der Waals surface area contributed by atoms with Crippen LogP contribution in [-0.2, 0) is 21.3 Å². The maximum absolute atomic E-state index is 15.3. The van der Waals surface area contributed by atoms with Crippen LogP contribution in [0.4, 0.5) is 10.3 Å². The van der Waals surface area contributed by atoms with Crippen LogP contribution in [0.15, 0.2) is 79.1 Å². The summed E-state index contributed by atoms with van der Waals surface area (Å²) in [6, 6.07) is 20.4. The summed E-state index contributed by atoms with van der Waals surface area (Å²) >= 11 is 0. The first-order valence-electron chi connectivity index (χ1n) is 14.6. The summed E-state index contributed by atoms with van der Waals surface area (Å²) < 4.78 is 48.2. The fourth-order valence-electron chi connectivity index (χ4n) is 5.56. The standard InChI is InChI=1S/C34H31FN6O3S/c1-22-9-10-26-27(11-12-30(35)29(26)21-45(42,43)20-24-6-2-5-23(17-24)18-36)32(22)44-33-28(8-4-15-38-33)31-13-16-39-34(41-31)40-25-7-3-14-37-19-25/h2,4-6,8-13,15-17,25,37H,3,7,14,19-21H2,1H3,(H,39,40,41)/t25-/m0/s1. The van der Waals surface area contributed by atoms with Gasteiger partial charge in [-0.25, -0.2) is 27.8 Å². The van der Waals surface area contributed by atoms with E-state index in [1.165, 1.54) is 12.1 Å². The van der Waals surface area contributed by atoms with Crippen LogP contribution < -0.4 is 15.4 Å². The minimum absolute atomic E-state index is 0.0544. The van der Waals surface area contributed by atoms with Crippen LogP contribution >= 0.6 is 0 Å². The molecule has 0 amide bonds. The Balaban J connectivity index is 1.32. The lowest BCUT2D eigenvalue weighted by Gasteiger charge is -2.23. The number of pyridine rings is 1. The zero-order valence-electron chi connectivity index (χ0n) is 24.6.